The summed E-state index contributed by atoms with van der Waals surface area (Å²) in [4.78, 5) is 23.6. The van der Waals surface area contributed by atoms with Gasteiger partial charge in [-0.2, -0.15) is 0 Å². The van der Waals surface area contributed by atoms with Crippen LogP contribution in [0.3, 0.4) is 0 Å². The number of morpholine rings is 1. The van der Waals surface area contributed by atoms with E-state index in [1.807, 2.05) is 6.92 Å². The summed E-state index contributed by atoms with van der Waals surface area (Å²) in [6.45, 7) is 3.89. The summed E-state index contributed by atoms with van der Waals surface area (Å²) >= 11 is 0. The van der Waals surface area contributed by atoms with Crippen molar-refractivity contribution < 1.29 is 14.3 Å². The fraction of sp³-hybridized carbons (Fsp3) is 0.467. The number of carbonyl (C=O) groups is 2. The molecular weight excluding hydrogens is 270 g/mol. The SMILES string of the molecule is CNC(=O)c1ccc(NC(=O)CC2COCCN2)c(C)c1. The van der Waals surface area contributed by atoms with Gasteiger partial charge in [0.25, 0.3) is 5.91 Å². The Balaban J connectivity index is 1.95. The molecule has 0 aromatic heterocycles. The summed E-state index contributed by atoms with van der Waals surface area (Å²) in [6, 6.07) is 5.27. The molecule has 1 atom stereocenters. The van der Waals surface area contributed by atoms with E-state index in [1.54, 1.807) is 25.2 Å². The molecule has 2 rings (SSSR count). The highest BCUT2D eigenvalue weighted by atomic mass is 16.5. The van der Waals surface area contributed by atoms with E-state index in [2.05, 4.69) is 16.0 Å². The highest BCUT2D eigenvalue weighted by Gasteiger charge is 2.17. The molecule has 1 aromatic rings. The summed E-state index contributed by atoms with van der Waals surface area (Å²) in [5.74, 6) is -0.201. The van der Waals surface area contributed by atoms with E-state index >= 15 is 0 Å². The molecule has 1 unspecified atom stereocenters. The number of amides is 2. The molecule has 1 fully saturated rings. The summed E-state index contributed by atoms with van der Waals surface area (Å²) in [6.07, 6.45) is 0.372. The van der Waals surface area contributed by atoms with Gasteiger partial charge in [0.1, 0.15) is 0 Å². The van der Waals surface area contributed by atoms with E-state index in [1.165, 1.54) is 0 Å². The van der Waals surface area contributed by atoms with Crippen LogP contribution in [0.1, 0.15) is 22.3 Å². The summed E-state index contributed by atoms with van der Waals surface area (Å²) in [5.41, 5.74) is 2.16. The third kappa shape index (κ3) is 4.27. The molecule has 0 aliphatic carbocycles. The molecule has 6 heteroatoms. The Morgan fingerprint density at radius 1 is 1.43 bits per heavy atom. The molecule has 1 aliphatic rings. The van der Waals surface area contributed by atoms with Crippen LogP contribution in [0.15, 0.2) is 18.2 Å². The van der Waals surface area contributed by atoms with Gasteiger partial charge in [0.15, 0.2) is 0 Å². The molecule has 1 aliphatic heterocycles. The van der Waals surface area contributed by atoms with E-state index in [0.717, 1.165) is 17.8 Å². The van der Waals surface area contributed by atoms with E-state index < -0.39 is 0 Å². The lowest BCUT2D eigenvalue weighted by Gasteiger charge is -2.23. The molecule has 0 spiro atoms. The molecule has 2 amide bonds. The molecule has 114 valence electrons. The van der Waals surface area contributed by atoms with Gasteiger partial charge in [-0.25, -0.2) is 0 Å². The minimum atomic E-state index is -0.139. The maximum absolute atomic E-state index is 12.0. The molecule has 1 saturated heterocycles. The van der Waals surface area contributed by atoms with Gasteiger partial charge in [-0.3, -0.25) is 9.59 Å². The minimum Gasteiger partial charge on any atom is -0.378 e. The predicted octanol–water partition coefficient (Wildman–Crippen LogP) is 0.672. The second kappa shape index (κ2) is 7.19. The molecular formula is C15H21N3O3. The van der Waals surface area contributed by atoms with Crippen LogP contribution in [0.4, 0.5) is 5.69 Å². The fourth-order valence-electron chi connectivity index (χ4n) is 2.27. The Morgan fingerprint density at radius 2 is 2.24 bits per heavy atom. The molecule has 0 radical (unpaired) electrons. The quantitative estimate of drug-likeness (QED) is 0.762. The van der Waals surface area contributed by atoms with Crippen molar-refractivity contribution in [3.05, 3.63) is 29.3 Å². The number of ether oxygens (including phenoxy) is 1. The van der Waals surface area contributed by atoms with Gasteiger partial charge in [0, 0.05) is 37.3 Å². The van der Waals surface area contributed by atoms with Crippen LogP contribution < -0.4 is 16.0 Å². The number of hydrogen-bond donors (Lipinski definition) is 3. The van der Waals surface area contributed by atoms with Crippen molar-refractivity contribution in [3.63, 3.8) is 0 Å². The molecule has 0 saturated carbocycles. The van der Waals surface area contributed by atoms with Crippen molar-refractivity contribution in [1.29, 1.82) is 0 Å². The lowest BCUT2D eigenvalue weighted by Crippen LogP contribution is -2.43. The zero-order valence-corrected chi connectivity index (χ0v) is 12.4. The van der Waals surface area contributed by atoms with Crippen LogP contribution in [0.2, 0.25) is 0 Å². The largest absolute Gasteiger partial charge is 0.378 e. The Labute approximate surface area is 124 Å². The van der Waals surface area contributed by atoms with Gasteiger partial charge in [0.05, 0.1) is 13.2 Å². The monoisotopic (exact) mass is 291 g/mol. The molecule has 6 nitrogen and oxygen atoms in total. The first-order chi connectivity index (χ1) is 10.1. The van der Waals surface area contributed by atoms with Crippen LogP contribution in [-0.4, -0.2) is 44.7 Å². The maximum atomic E-state index is 12.0. The average molecular weight is 291 g/mol. The normalized spacial score (nSPS) is 18.1. The third-order valence-corrected chi connectivity index (χ3v) is 3.42. The maximum Gasteiger partial charge on any atom is 0.251 e. The smallest absolute Gasteiger partial charge is 0.251 e. The summed E-state index contributed by atoms with van der Waals surface area (Å²) < 4.78 is 5.32. The summed E-state index contributed by atoms with van der Waals surface area (Å²) in [7, 11) is 1.59. The number of anilines is 1. The van der Waals surface area contributed by atoms with Crippen molar-refractivity contribution in [2.75, 3.05) is 32.1 Å². The Morgan fingerprint density at radius 3 is 2.86 bits per heavy atom. The first-order valence-corrected chi connectivity index (χ1v) is 7.04. The second-order valence-electron chi connectivity index (χ2n) is 5.09. The Bertz CT molecular complexity index is 525. The highest BCUT2D eigenvalue weighted by molar-refractivity contribution is 5.96. The number of aryl methyl sites for hydroxylation is 1. The van der Waals surface area contributed by atoms with Gasteiger partial charge in [-0.1, -0.05) is 0 Å². The van der Waals surface area contributed by atoms with E-state index in [0.29, 0.717) is 25.2 Å². The van der Waals surface area contributed by atoms with Gasteiger partial charge in [0.2, 0.25) is 5.91 Å². The van der Waals surface area contributed by atoms with Gasteiger partial charge >= 0.3 is 0 Å². The molecule has 1 heterocycles. The second-order valence-corrected chi connectivity index (χ2v) is 5.09. The number of benzene rings is 1. The molecule has 1 aromatic carbocycles. The van der Waals surface area contributed by atoms with Crippen LogP contribution in [-0.2, 0) is 9.53 Å². The summed E-state index contributed by atoms with van der Waals surface area (Å²) in [5, 5.41) is 8.69. The number of nitrogens with one attached hydrogen (secondary N) is 3. The Kier molecular flexibility index (Phi) is 5.30. The van der Waals surface area contributed by atoms with Crippen LogP contribution in [0.25, 0.3) is 0 Å². The Hall–Kier alpha value is -1.92. The van der Waals surface area contributed by atoms with E-state index in [-0.39, 0.29) is 17.9 Å². The lowest BCUT2D eigenvalue weighted by atomic mass is 10.1. The predicted molar refractivity (Wildman–Crippen MR) is 80.4 cm³/mol. The van der Waals surface area contributed by atoms with Crippen molar-refractivity contribution in [2.24, 2.45) is 0 Å². The first-order valence-electron chi connectivity index (χ1n) is 7.04. The van der Waals surface area contributed by atoms with Crippen LogP contribution in [0.5, 0.6) is 0 Å². The molecule has 0 bridgehead atoms. The number of carbonyl (C=O) groups excluding carboxylic acids is 2. The molecule has 21 heavy (non-hydrogen) atoms. The van der Waals surface area contributed by atoms with Gasteiger partial charge < -0.3 is 20.7 Å². The lowest BCUT2D eigenvalue weighted by molar-refractivity contribution is -0.117. The standard InChI is InChI=1S/C15H21N3O3/c1-10-7-11(15(20)16-2)3-4-13(10)18-14(19)8-12-9-21-6-5-17-12/h3-4,7,12,17H,5-6,8-9H2,1-2H3,(H,16,20)(H,18,19). The number of rotatable bonds is 4. The zero-order valence-electron chi connectivity index (χ0n) is 12.4. The van der Waals surface area contributed by atoms with Crippen molar-refractivity contribution in [2.45, 2.75) is 19.4 Å². The molecule has 3 N–H and O–H groups in total. The van der Waals surface area contributed by atoms with Crippen LogP contribution in [0, 0.1) is 6.92 Å². The van der Waals surface area contributed by atoms with Gasteiger partial charge in [-0.15, -0.1) is 0 Å². The minimum absolute atomic E-state index is 0.0594. The average Bonchev–Trinajstić information content (AvgIpc) is 2.49. The topological polar surface area (TPSA) is 79.5 Å². The van der Waals surface area contributed by atoms with E-state index in [4.69, 9.17) is 4.74 Å². The first kappa shape index (κ1) is 15.5. The highest BCUT2D eigenvalue weighted by Crippen LogP contribution is 2.17. The van der Waals surface area contributed by atoms with Crippen molar-refractivity contribution in [3.8, 4) is 0 Å². The number of hydrogen-bond acceptors (Lipinski definition) is 4. The van der Waals surface area contributed by atoms with Crippen LogP contribution >= 0.6 is 0 Å². The van der Waals surface area contributed by atoms with Crippen molar-refractivity contribution in [1.82, 2.24) is 10.6 Å². The van der Waals surface area contributed by atoms with Gasteiger partial charge in [-0.05, 0) is 30.7 Å². The zero-order chi connectivity index (χ0) is 15.2. The fourth-order valence-corrected chi connectivity index (χ4v) is 2.27. The van der Waals surface area contributed by atoms with Crippen molar-refractivity contribution >= 4 is 17.5 Å². The third-order valence-electron chi connectivity index (χ3n) is 3.42. The van der Waals surface area contributed by atoms with E-state index in [9.17, 15) is 9.59 Å².